The molecule has 1 saturated heterocycles. The van der Waals surface area contributed by atoms with E-state index in [1.165, 1.54) is 0 Å². The summed E-state index contributed by atoms with van der Waals surface area (Å²) in [5, 5.41) is 8.87. The summed E-state index contributed by atoms with van der Waals surface area (Å²) in [5.41, 5.74) is 0. The number of hydrogen-bond acceptors (Lipinski definition) is 3. The molecule has 2 rings (SSSR count). The predicted octanol–water partition coefficient (Wildman–Crippen LogP) is 0.814. The number of aliphatic hydroxyl groups is 1. The molecule has 74 valence electrons. The number of carbonyl (C=O) groups is 1. The van der Waals surface area contributed by atoms with E-state index in [0.717, 1.165) is 12.8 Å². The smallest absolute Gasteiger partial charge is 0.309 e. The lowest BCUT2D eigenvalue weighted by atomic mass is 9.89. The number of esters is 1. The first kappa shape index (κ1) is 9.00. The Labute approximate surface area is 78.1 Å². The summed E-state index contributed by atoms with van der Waals surface area (Å²) >= 11 is 0. The molecule has 13 heavy (non-hydrogen) atoms. The minimum absolute atomic E-state index is 0.0158. The molecule has 1 saturated carbocycles. The Kier molecular flexibility index (Phi) is 2.28. The van der Waals surface area contributed by atoms with Crippen LogP contribution in [-0.4, -0.2) is 24.3 Å². The van der Waals surface area contributed by atoms with Crippen LogP contribution in [0.15, 0.2) is 0 Å². The average molecular weight is 184 g/mol. The first-order chi connectivity index (χ1) is 6.24. The summed E-state index contributed by atoms with van der Waals surface area (Å²) in [6, 6.07) is 0. The molecule has 1 aliphatic heterocycles. The van der Waals surface area contributed by atoms with Gasteiger partial charge in [0, 0.05) is 12.5 Å². The number of rotatable bonds is 2. The molecule has 0 amide bonds. The third-order valence-corrected chi connectivity index (χ3v) is 3.54. The van der Waals surface area contributed by atoms with Gasteiger partial charge in [0.2, 0.25) is 0 Å². The van der Waals surface area contributed by atoms with E-state index in [4.69, 9.17) is 9.84 Å². The second-order valence-electron chi connectivity index (χ2n) is 4.31. The van der Waals surface area contributed by atoms with E-state index >= 15 is 0 Å². The van der Waals surface area contributed by atoms with Crippen molar-refractivity contribution in [3.8, 4) is 0 Å². The molecular formula is C10H16O3. The largest absolute Gasteiger partial charge is 0.465 e. The van der Waals surface area contributed by atoms with E-state index < -0.39 is 0 Å². The second kappa shape index (κ2) is 3.29. The van der Waals surface area contributed by atoms with Crippen LogP contribution < -0.4 is 0 Å². The third kappa shape index (κ3) is 1.35. The zero-order valence-electron chi connectivity index (χ0n) is 7.90. The molecule has 0 aromatic rings. The Hall–Kier alpha value is -0.570. The average Bonchev–Trinajstić information content (AvgIpc) is 2.58. The van der Waals surface area contributed by atoms with Crippen molar-refractivity contribution >= 4 is 5.97 Å². The number of fused-ring (bicyclic) bond motifs is 1. The van der Waals surface area contributed by atoms with E-state index in [9.17, 15) is 4.79 Å². The summed E-state index contributed by atoms with van der Waals surface area (Å²) in [5.74, 6) is 1.43. The van der Waals surface area contributed by atoms with Gasteiger partial charge in [0.1, 0.15) is 0 Å². The highest BCUT2D eigenvalue weighted by atomic mass is 16.5. The van der Waals surface area contributed by atoms with Crippen LogP contribution >= 0.6 is 0 Å². The van der Waals surface area contributed by atoms with Crippen LogP contribution in [-0.2, 0) is 9.53 Å². The SMILES string of the molecule is CC1CC(CCO)C2COC(=O)C12. The summed E-state index contributed by atoms with van der Waals surface area (Å²) in [4.78, 5) is 11.3. The molecule has 0 bridgehead atoms. The first-order valence-electron chi connectivity index (χ1n) is 5.01. The van der Waals surface area contributed by atoms with E-state index in [0.29, 0.717) is 24.4 Å². The molecule has 2 fully saturated rings. The summed E-state index contributed by atoms with van der Waals surface area (Å²) < 4.78 is 5.05. The fraction of sp³-hybridized carbons (Fsp3) is 0.900. The van der Waals surface area contributed by atoms with Crippen molar-refractivity contribution in [2.24, 2.45) is 23.7 Å². The Morgan fingerprint density at radius 2 is 2.38 bits per heavy atom. The molecule has 4 unspecified atom stereocenters. The molecule has 4 atom stereocenters. The Morgan fingerprint density at radius 3 is 3.08 bits per heavy atom. The van der Waals surface area contributed by atoms with Gasteiger partial charge in [-0.25, -0.2) is 0 Å². The van der Waals surface area contributed by atoms with E-state index in [1.807, 2.05) is 0 Å². The summed E-state index contributed by atoms with van der Waals surface area (Å²) in [6.45, 7) is 2.93. The molecule has 1 heterocycles. The maximum atomic E-state index is 11.3. The van der Waals surface area contributed by atoms with E-state index in [1.54, 1.807) is 0 Å². The van der Waals surface area contributed by atoms with Crippen LogP contribution in [0.1, 0.15) is 19.8 Å². The molecule has 2 aliphatic rings. The number of aliphatic hydroxyl groups excluding tert-OH is 1. The van der Waals surface area contributed by atoms with Gasteiger partial charge >= 0.3 is 5.97 Å². The predicted molar refractivity (Wildman–Crippen MR) is 46.9 cm³/mol. The van der Waals surface area contributed by atoms with Crippen molar-refractivity contribution in [2.45, 2.75) is 19.8 Å². The van der Waals surface area contributed by atoms with Crippen molar-refractivity contribution in [3.63, 3.8) is 0 Å². The van der Waals surface area contributed by atoms with Gasteiger partial charge in [-0.2, -0.15) is 0 Å². The van der Waals surface area contributed by atoms with Crippen LogP contribution in [0.4, 0.5) is 0 Å². The first-order valence-corrected chi connectivity index (χ1v) is 5.01. The van der Waals surface area contributed by atoms with Gasteiger partial charge in [0.15, 0.2) is 0 Å². The number of hydrogen-bond donors (Lipinski definition) is 1. The second-order valence-corrected chi connectivity index (χ2v) is 4.31. The lowest BCUT2D eigenvalue weighted by Gasteiger charge is -2.13. The number of carbonyl (C=O) groups excluding carboxylic acids is 1. The van der Waals surface area contributed by atoms with Crippen LogP contribution in [0.2, 0.25) is 0 Å². The standard InChI is InChI=1S/C10H16O3/c1-6-4-7(2-3-11)8-5-13-10(12)9(6)8/h6-9,11H,2-5H2,1H3. The van der Waals surface area contributed by atoms with Gasteiger partial charge < -0.3 is 9.84 Å². The van der Waals surface area contributed by atoms with Gasteiger partial charge in [-0.05, 0) is 24.7 Å². The van der Waals surface area contributed by atoms with Crippen LogP contribution in [0.5, 0.6) is 0 Å². The van der Waals surface area contributed by atoms with E-state index in [2.05, 4.69) is 6.92 Å². The van der Waals surface area contributed by atoms with Gasteiger partial charge in [-0.1, -0.05) is 6.92 Å². The van der Waals surface area contributed by atoms with Gasteiger partial charge in [-0.3, -0.25) is 4.79 Å². The molecule has 0 radical (unpaired) electrons. The zero-order valence-corrected chi connectivity index (χ0v) is 7.90. The highest BCUT2D eigenvalue weighted by Gasteiger charge is 2.49. The number of cyclic esters (lactones) is 1. The maximum absolute atomic E-state index is 11.3. The van der Waals surface area contributed by atoms with Gasteiger partial charge in [-0.15, -0.1) is 0 Å². The highest BCUT2D eigenvalue weighted by Crippen LogP contribution is 2.46. The van der Waals surface area contributed by atoms with Crippen molar-refractivity contribution in [1.82, 2.24) is 0 Å². The van der Waals surface area contributed by atoms with Gasteiger partial charge in [0.05, 0.1) is 12.5 Å². The summed E-state index contributed by atoms with van der Waals surface area (Å²) in [7, 11) is 0. The maximum Gasteiger partial charge on any atom is 0.309 e. The minimum atomic E-state index is -0.0158. The third-order valence-electron chi connectivity index (χ3n) is 3.54. The van der Waals surface area contributed by atoms with Crippen LogP contribution in [0, 0.1) is 23.7 Å². The molecule has 1 aliphatic carbocycles. The normalized spacial score (nSPS) is 43.4. The number of ether oxygens (including phenoxy) is 1. The monoisotopic (exact) mass is 184 g/mol. The molecule has 3 nitrogen and oxygen atoms in total. The Morgan fingerprint density at radius 1 is 1.62 bits per heavy atom. The molecule has 3 heteroatoms. The molecular weight excluding hydrogens is 168 g/mol. The minimum Gasteiger partial charge on any atom is -0.465 e. The fourth-order valence-electron chi connectivity index (χ4n) is 2.93. The molecule has 0 aromatic carbocycles. The summed E-state index contributed by atoms with van der Waals surface area (Å²) in [6.07, 6.45) is 1.90. The van der Waals surface area contributed by atoms with Crippen molar-refractivity contribution in [3.05, 3.63) is 0 Å². The topological polar surface area (TPSA) is 46.5 Å². The molecule has 0 spiro atoms. The lowest BCUT2D eigenvalue weighted by molar-refractivity contribution is -0.142. The Balaban J connectivity index is 2.08. The van der Waals surface area contributed by atoms with Crippen molar-refractivity contribution in [2.75, 3.05) is 13.2 Å². The van der Waals surface area contributed by atoms with Crippen molar-refractivity contribution in [1.29, 1.82) is 0 Å². The highest BCUT2D eigenvalue weighted by molar-refractivity contribution is 5.75. The lowest BCUT2D eigenvalue weighted by Crippen LogP contribution is -2.17. The van der Waals surface area contributed by atoms with Crippen LogP contribution in [0.3, 0.4) is 0 Å². The zero-order chi connectivity index (χ0) is 9.42. The fourth-order valence-corrected chi connectivity index (χ4v) is 2.93. The van der Waals surface area contributed by atoms with Crippen molar-refractivity contribution < 1.29 is 14.6 Å². The van der Waals surface area contributed by atoms with Crippen LogP contribution in [0.25, 0.3) is 0 Å². The molecule has 1 N–H and O–H groups in total. The molecule has 0 aromatic heterocycles. The van der Waals surface area contributed by atoms with Gasteiger partial charge in [0.25, 0.3) is 0 Å². The van der Waals surface area contributed by atoms with E-state index in [-0.39, 0.29) is 18.5 Å². The Bertz CT molecular complexity index is 214. The quantitative estimate of drug-likeness (QED) is 0.646.